The fourth-order valence-corrected chi connectivity index (χ4v) is 6.07. The van der Waals surface area contributed by atoms with Crippen LogP contribution in [0.1, 0.15) is 27.0 Å². The Balaban J connectivity index is 1.64. The van der Waals surface area contributed by atoms with Crippen LogP contribution in [0.2, 0.25) is 0 Å². The number of rotatable bonds is 9. The second-order valence-corrected chi connectivity index (χ2v) is 11.0. The molecule has 0 aliphatic carbocycles. The molecule has 7 atom stereocenters. The van der Waals surface area contributed by atoms with E-state index in [0.29, 0.717) is 5.39 Å². The van der Waals surface area contributed by atoms with Gasteiger partial charge in [0, 0.05) is 11.6 Å². The molecule has 39 heavy (non-hydrogen) atoms. The van der Waals surface area contributed by atoms with E-state index in [-0.39, 0.29) is 11.6 Å². The maximum atomic E-state index is 15.7. The average molecular weight is 565 g/mol. The van der Waals surface area contributed by atoms with Gasteiger partial charge in [0.15, 0.2) is 11.9 Å². The number of ether oxygens (including phenoxy) is 2. The predicted octanol–water partition coefficient (Wildman–Crippen LogP) is 2.71. The SMILES string of the molecule is COC(=O)C(C)NP(=O)(Oc1cccc2ccccc12)OC(C)[C@H]1O[C@@H](n2ccc(N)nc2=O)C(C)(F)C1O. The molecule has 0 spiro atoms. The van der Waals surface area contributed by atoms with Crippen LogP contribution in [0, 0.1) is 0 Å². The Hall–Kier alpha value is -3.35. The molecule has 1 fully saturated rings. The van der Waals surface area contributed by atoms with Gasteiger partial charge in [-0.15, -0.1) is 0 Å². The molecule has 0 bridgehead atoms. The molecule has 4 N–H and O–H groups in total. The number of nitrogens with one attached hydrogen (secondary N) is 1. The molecule has 0 amide bonds. The normalized spacial score (nSPS) is 26.1. The van der Waals surface area contributed by atoms with E-state index in [1.165, 1.54) is 33.2 Å². The zero-order valence-electron chi connectivity index (χ0n) is 21.7. The number of aromatic nitrogens is 2. The third-order valence-corrected chi connectivity index (χ3v) is 8.16. The molecule has 1 aliphatic rings. The summed E-state index contributed by atoms with van der Waals surface area (Å²) in [6.07, 6.45) is -4.89. The van der Waals surface area contributed by atoms with E-state index in [0.717, 1.165) is 16.9 Å². The Morgan fingerprint density at radius 1 is 1.26 bits per heavy atom. The van der Waals surface area contributed by atoms with Crippen molar-refractivity contribution in [2.24, 2.45) is 0 Å². The summed E-state index contributed by atoms with van der Waals surface area (Å²) < 4.78 is 52.7. The first-order chi connectivity index (χ1) is 18.4. The Labute approximate surface area is 223 Å². The summed E-state index contributed by atoms with van der Waals surface area (Å²) in [5.74, 6) is -0.619. The van der Waals surface area contributed by atoms with Crippen LogP contribution in [0.25, 0.3) is 10.8 Å². The van der Waals surface area contributed by atoms with Gasteiger partial charge in [0.1, 0.15) is 29.8 Å². The number of halogens is 1. The summed E-state index contributed by atoms with van der Waals surface area (Å²) in [6.45, 7) is 3.84. The maximum Gasteiger partial charge on any atom is 0.459 e. The molecule has 14 heteroatoms. The number of methoxy groups -OCH3 is 1. The number of nitrogens with two attached hydrogens (primary N) is 1. The summed E-state index contributed by atoms with van der Waals surface area (Å²) in [5, 5.41) is 14.8. The van der Waals surface area contributed by atoms with Crippen molar-refractivity contribution in [3.8, 4) is 5.75 Å². The molecular weight excluding hydrogens is 534 g/mol. The lowest BCUT2D eigenvalue weighted by molar-refractivity contribution is -0.142. The molecule has 0 radical (unpaired) electrons. The number of hydrogen-bond acceptors (Lipinski definition) is 10. The third kappa shape index (κ3) is 5.82. The van der Waals surface area contributed by atoms with Crippen molar-refractivity contribution in [1.29, 1.82) is 0 Å². The minimum absolute atomic E-state index is 0.0686. The van der Waals surface area contributed by atoms with Crippen LogP contribution in [0.5, 0.6) is 5.75 Å². The van der Waals surface area contributed by atoms with E-state index in [1.807, 2.05) is 18.2 Å². The number of nitrogen functional groups attached to an aromatic ring is 1. The number of carbonyl (C=O) groups is 1. The molecular formula is C25H30FN4O8P. The largest absolute Gasteiger partial charge is 0.468 e. The molecule has 2 heterocycles. The fraction of sp³-hybridized carbons (Fsp3) is 0.400. The van der Waals surface area contributed by atoms with E-state index in [9.17, 15) is 19.3 Å². The van der Waals surface area contributed by atoms with E-state index in [2.05, 4.69) is 10.1 Å². The Morgan fingerprint density at radius 2 is 1.95 bits per heavy atom. The van der Waals surface area contributed by atoms with Gasteiger partial charge in [-0.05, 0) is 38.3 Å². The van der Waals surface area contributed by atoms with E-state index in [4.69, 9.17) is 24.3 Å². The first-order valence-electron chi connectivity index (χ1n) is 12.0. The van der Waals surface area contributed by atoms with E-state index < -0.39 is 55.7 Å². The van der Waals surface area contributed by atoms with Crippen molar-refractivity contribution in [3.05, 3.63) is 65.2 Å². The van der Waals surface area contributed by atoms with Gasteiger partial charge in [-0.2, -0.15) is 10.1 Å². The van der Waals surface area contributed by atoms with Gasteiger partial charge in [0.05, 0.1) is 13.2 Å². The van der Waals surface area contributed by atoms with E-state index in [1.54, 1.807) is 24.3 Å². The lowest BCUT2D eigenvalue weighted by atomic mass is 9.96. The highest BCUT2D eigenvalue weighted by molar-refractivity contribution is 7.52. The van der Waals surface area contributed by atoms with Crippen LogP contribution in [0.15, 0.2) is 59.5 Å². The summed E-state index contributed by atoms with van der Waals surface area (Å²) in [5.41, 5.74) is 2.16. The van der Waals surface area contributed by atoms with Gasteiger partial charge in [-0.1, -0.05) is 36.4 Å². The molecule has 12 nitrogen and oxygen atoms in total. The Morgan fingerprint density at radius 3 is 2.64 bits per heavy atom. The zero-order chi connectivity index (χ0) is 28.5. The molecule has 0 saturated carbocycles. The molecule has 5 unspecified atom stereocenters. The minimum atomic E-state index is -4.42. The maximum absolute atomic E-state index is 15.7. The smallest absolute Gasteiger partial charge is 0.459 e. The number of aliphatic hydroxyl groups is 1. The summed E-state index contributed by atoms with van der Waals surface area (Å²) in [7, 11) is -3.25. The first kappa shape index (κ1) is 28.7. The Bertz CT molecular complexity index is 1460. The highest BCUT2D eigenvalue weighted by atomic mass is 31.2. The van der Waals surface area contributed by atoms with Crippen LogP contribution < -0.4 is 21.0 Å². The standard InChI is InChI=1S/C25H30FN4O8P/c1-14(22(32)35-4)29-39(34,38-18-11-7-9-16-8-5-6-10-17(16)18)37-15(2)20-21(31)25(3,26)23(36-20)30-13-12-19(27)28-24(30)33/h5-15,20-21,23,31H,1-4H3,(H,29,34)(H2,27,28,33)/t14?,15?,20-,21?,23-,25?,39?/m1/s1. The van der Waals surface area contributed by atoms with E-state index >= 15 is 4.39 Å². The number of esters is 1. The minimum Gasteiger partial charge on any atom is -0.468 e. The Kier molecular flexibility index (Phi) is 8.10. The number of hydrogen-bond donors (Lipinski definition) is 3. The van der Waals surface area contributed by atoms with Gasteiger partial charge in [-0.3, -0.25) is 13.9 Å². The van der Waals surface area contributed by atoms with Crippen molar-refractivity contribution in [2.75, 3.05) is 12.8 Å². The lowest BCUT2D eigenvalue weighted by Gasteiger charge is -2.29. The van der Waals surface area contributed by atoms with Gasteiger partial charge in [0.25, 0.3) is 0 Å². The van der Waals surface area contributed by atoms with Crippen molar-refractivity contribution >= 4 is 30.3 Å². The van der Waals surface area contributed by atoms with Gasteiger partial charge < -0.3 is 24.8 Å². The first-order valence-corrected chi connectivity index (χ1v) is 13.6. The molecule has 1 aromatic heterocycles. The summed E-state index contributed by atoms with van der Waals surface area (Å²) in [4.78, 5) is 28.0. The highest BCUT2D eigenvalue weighted by Gasteiger charge is 2.57. The second-order valence-electron chi connectivity index (χ2n) is 9.34. The quantitative estimate of drug-likeness (QED) is 0.259. The molecule has 1 aliphatic heterocycles. The van der Waals surface area contributed by atoms with Gasteiger partial charge in [-0.25, -0.2) is 13.8 Å². The topological polar surface area (TPSA) is 164 Å². The summed E-state index contributed by atoms with van der Waals surface area (Å²) >= 11 is 0. The van der Waals surface area contributed by atoms with Crippen LogP contribution in [0.4, 0.5) is 10.2 Å². The van der Waals surface area contributed by atoms with Crippen molar-refractivity contribution in [2.45, 2.75) is 57.0 Å². The monoisotopic (exact) mass is 564 g/mol. The number of aliphatic hydroxyl groups excluding tert-OH is 1. The van der Waals surface area contributed by atoms with Crippen LogP contribution in [-0.2, 0) is 23.4 Å². The number of benzene rings is 2. The molecule has 4 rings (SSSR count). The molecule has 2 aromatic carbocycles. The number of anilines is 1. The van der Waals surface area contributed by atoms with Crippen LogP contribution in [0.3, 0.4) is 0 Å². The van der Waals surface area contributed by atoms with Crippen molar-refractivity contribution < 1.29 is 37.4 Å². The number of carbonyl (C=O) groups excluding carboxylic acids is 1. The van der Waals surface area contributed by atoms with Crippen LogP contribution in [-0.4, -0.2) is 57.8 Å². The van der Waals surface area contributed by atoms with Gasteiger partial charge in [0.2, 0.25) is 0 Å². The van der Waals surface area contributed by atoms with Crippen molar-refractivity contribution in [1.82, 2.24) is 14.6 Å². The molecule has 1 saturated heterocycles. The number of nitrogens with zero attached hydrogens (tertiary/aromatic N) is 2. The second kappa shape index (κ2) is 11.0. The molecule has 210 valence electrons. The molecule has 3 aromatic rings. The highest BCUT2D eigenvalue weighted by Crippen LogP contribution is 2.50. The third-order valence-electron chi connectivity index (χ3n) is 6.40. The van der Waals surface area contributed by atoms with Gasteiger partial charge >= 0.3 is 19.4 Å². The van der Waals surface area contributed by atoms with Crippen LogP contribution >= 0.6 is 7.75 Å². The van der Waals surface area contributed by atoms with Crippen molar-refractivity contribution in [3.63, 3.8) is 0 Å². The fourth-order valence-electron chi connectivity index (χ4n) is 4.36. The number of alkyl halides is 1. The predicted molar refractivity (Wildman–Crippen MR) is 140 cm³/mol. The average Bonchev–Trinajstić information content (AvgIpc) is 3.12. The lowest BCUT2D eigenvalue weighted by Crippen LogP contribution is -2.45. The zero-order valence-corrected chi connectivity index (χ0v) is 22.6. The number of fused-ring (bicyclic) bond motifs is 1. The summed E-state index contributed by atoms with van der Waals surface area (Å²) in [6, 6.07) is 12.4.